The first-order valence-corrected chi connectivity index (χ1v) is 6.90. The normalized spacial score (nSPS) is 15.3. The second-order valence-electron chi connectivity index (χ2n) is 5.74. The summed E-state index contributed by atoms with van der Waals surface area (Å²) in [6.07, 6.45) is 3.19. The van der Waals surface area contributed by atoms with Gasteiger partial charge in [-0.1, -0.05) is 0 Å². The summed E-state index contributed by atoms with van der Waals surface area (Å²) < 4.78 is 7.05. The molecule has 7 nitrogen and oxygen atoms in total. The number of nitro groups is 1. The number of fused-ring (bicyclic) bond motifs is 1. The van der Waals surface area contributed by atoms with Crippen LogP contribution in [0.1, 0.15) is 19.4 Å². The Morgan fingerprint density at radius 2 is 2.04 bits per heavy atom. The second-order valence-corrected chi connectivity index (χ2v) is 5.74. The minimum absolute atomic E-state index is 0.105. The van der Waals surface area contributed by atoms with Gasteiger partial charge in [-0.05, 0) is 38.1 Å². The van der Waals surface area contributed by atoms with Crippen molar-refractivity contribution in [3.8, 4) is 11.5 Å². The molecule has 0 atom stereocenters. The van der Waals surface area contributed by atoms with Gasteiger partial charge in [-0.15, -0.1) is 0 Å². The van der Waals surface area contributed by atoms with Crippen LogP contribution in [0.3, 0.4) is 0 Å². The lowest BCUT2D eigenvalue weighted by Crippen LogP contribution is -2.32. The number of aromatic hydroxyl groups is 1. The van der Waals surface area contributed by atoms with Gasteiger partial charge in [0.1, 0.15) is 11.4 Å². The van der Waals surface area contributed by atoms with E-state index in [0.717, 1.165) is 0 Å². The Kier molecular flexibility index (Phi) is 3.21. The van der Waals surface area contributed by atoms with E-state index in [0.29, 0.717) is 17.0 Å². The average Bonchev–Trinajstić information content (AvgIpc) is 2.48. The Morgan fingerprint density at radius 1 is 1.30 bits per heavy atom. The highest BCUT2D eigenvalue weighted by molar-refractivity contribution is 5.75. The Labute approximate surface area is 131 Å². The van der Waals surface area contributed by atoms with Crippen LogP contribution in [-0.4, -0.2) is 20.2 Å². The third-order valence-electron chi connectivity index (χ3n) is 3.49. The molecule has 2 heterocycles. The number of hydrogen-bond donors (Lipinski definition) is 1. The summed E-state index contributed by atoms with van der Waals surface area (Å²) in [7, 11) is 0. The average molecular weight is 314 g/mol. The zero-order valence-electron chi connectivity index (χ0n) is 12.5. The third-order valence-corrected chi connectivity index (χ3v) is 3.49. The molecule has 1 aliphatic heterocycles. The molecule has 3 rings (SSSR count). The quantitative estimate of drug-likeness (QED) is 0.679. The second kappa shape index (κ2) is 4.98. The molecular weight excluding hydrogens is 300 g/mol. The predicted molar refractivity (Wildman–Crippen MR) is 83.5 cm³/mol. The summed E-state index contributed by atoms with van der Waals surface area (Å²) in [6, 6.07) is 7.03. The highest BCUT2D eigenvalue weighted by Crippen LogP contribution is 2.38. The highest BCUT2D eigenvalue weighted by Gasteiger charge is 2.29. The molecule has 0 saturated carbocycles. The van der Waals surface area contributed by atoms with Gasteiger partial charge in [-0.3, -0.25) is 19.5 Å². The number of aromatic nitrogens is 1. The van der Waals surface area contributed by atoms with Crippen LogP contribution in [0, 0.1) is 10.1 Å². The Hall–Kier alpha value is -3.09. The van der Waals surface area contributed by atoms with Crippen molar-refractivity contribution in [1.29, 1.82) is 0 Å². The molecule has 2 aromatic rings. The monoisotopic (exact) mass is 314 g/mol. The zero-order chi connectivity index (χ0) is 16.8. The van der Waals surface area contributed by atoms with Crippen molar-refractivity contribution in [2.45, 2.75) is 19.4 Å². The van der Waals surface area contributed by atoms with Crippen molar-refractivity contribution < 1.29 is 14.8 Å². The van der Waals surface area contributed by atoms with Crippen molar-refractivity contribution in [3.63, 3.8) is 0 Å². The maximum Gasteiger partial charge on any atom is 0.297 e. The lowest BCUT2D eigenvalue weighted by atomic mass is 9.98. The van der Waals surface area contributed by atoms with Crippen molar-refractivity contribution in [2.24, 2.45) is 0 Å². The maximum absolute atomic E-state index is 12.2. The van der Waals surface area contributed by atoms with E-state index >= 15 is 0 Å². The molecular formula is C16H14N2O5. The standard InChI is InChI=1S/C16H14N2O5/c1-16(2)9-12(17-7-3-4-13(19)15(17)20)11-8-10(18(21)22)5-6-14(11)23-16/h3-9,19H,1-2H3. The minimum atomic E-state index is -0.705. The lowest BCUT2D eigenvalue weighted by Gasteiger charge is -2.31. The topological polar surface area (TPSA) is 94.6 Å². The summed E-state index contributed by atoms with van der Waals surface area (Å²) in [5, 5.41) is 20.7. The molecule has 0 radical (unpaired) electrons. The smallest absolute Gasteiger partial charge is 0.297 e. The highest BCUT2D eigenvalue weighted by atomic mass is 16.6. The number of rotatable bonds is 2. The van der Waals surface area contributed by atoms with Crippen LogP contribution < -0.4 is 10.3 Å². The number of benzene rings is 1. The number of nitrogens with zero attached hydrogens (tertiary/aromatic N) is 2. The summed E-state index contributed by atoms with van der Waals surface area (Å²) in [4.78, 5) is 22.7. The van der Waals surface area contributed by atoms with Gasteiger partial charge >= 0.3 is 0 Å². The van der Waals surface area contributed by atoms with E-state index in [1.807, 2.05) is 13.8 Å². The van der Waals surface area contributed by atoms with Gasteiger partial charge < -0.3 is 9.84 Å². The molecule has 0 spiro atoms. The van der Waals surface area contributed by atoms with Crippen LogP contribution >= 0.6 is 0 Å². The third kappa shape index (κ3) is 2.57. The van der Waals surface area contributed by atoms with E-state index < -0.39 is 21.8 Å². The van der Waals surface area contributed by atoms with E-state index in [9.17, 15) is 20.0 Å². The van der Waals surface area contributed by atoms with E-state index in [-0.39, 0.29) is 5.69 Å². The van der Waals surface area contributed by atoms with Crippen LogP contribution in [0.2, 0.25) is 0 Å². The fraction of sp³-hybridized carbons (Fsp3) is 0.188. The molecule has 118 valence electrons. The largest absolute Gasteiger partial charge is 0.503 e. The first kappa shape index (κ1) is 14.8. The lowest BCUT2D eigenvalue weighted by molar-refractivity contribution is -0.384. The molecule has 23 heavy (non-hydrogen) atoms. The maximum atomic E-state index is 12.2. The molecule has 0 amide bonds. The molecule has 0 unspecified atom stereocenters. The van der Waals surface area contributed by atoms with Gasteiger partial charge in [0.05, 0.1) is 10.6 Å². The van der Waals surface area contributed by atoms with Crippen LogP contribution in [0.25, 0.3) is 5.70 Å². The Morgan fingerprint density at radius 3 is 2.74 bits per heavy atom. The molecule has 1 aliphatic rings. The van der Waals surface area contributed by atoms with E-state index in [4.69, 9.17) is 4.74 Å². The number of ether oxygens (including phenoxy) is 1. The molecule has 0 aliphatic carbocycles. The van der Waals surface area contributed by atoms with Crippen LogP contribution in [0.5, 0.6) is 11.5 Å². The fourth-order valence-corrected chi connectivity index (χ4v) is 2.51. The first-order chi connectivity index (χ1) is 10.8. The Bertz CT molecular complexity index is 896. The molecule has 1 aromatic carbocycles. The Balaban J connectivity index is 2.29. The number of non-ortho nitro benzene ring substituents is 1. The van der Waals surface area contributed by atoms with Crippen LogP contribution in [-0.2, 0) is 0 Å². The first-order valence-electron chi connectivity index (χ1n) is 6.90. The number of hydrogen-bond acceptors (Lipinski definition) is 5. The summed E-state index contributed by atoms with van der Waals surface area (Å²) >= 11 is 0. The molecule has 1 N–H and O–H groups in total. The summed E-state index contributed by atoms with van der Waals surface area (Å²) in [5.74, 6) is 0.0398. The number of pyridine rings is 1. The predicted octanol–water partition coefficient (Wildman–Crippen LogP) is 2.52. The van der Waals surface area contributed by atoms with Crippen LogP contribution in [0.15, 0.2) is 47.4 Å². The van der Waals surface area contributed by atoms with Gasteiger partial charge in [0, 0.05) is 23.9 Å². The van der Waals surface area contributed by atoms with Gasteiger partial charge in [0.25, 0.3) is 11.2 Å². The molecule has 1 aromatic heterocycles. The minimum Gasteiger partial charge on any atom is -0.503 e. The van der Waals surface area contributed by atoms with E-state index in [1.165, 1.54) is 41.1 Å². The van der Waals surface area contributed by atoms with Crippen molar-refractivity contribution >= 4 is 11.4 Å². The van der Waals surface area contributed by atoms with Gasteiger partial charge in [0.15, 0.2) is 5.75 Å². The summed E-state index contributed by atoms with van der Waals surface area (Å²) in [5.41, 5.74) is -0.559. The van der Waals surface area contributed by atoms with Crippen molar-refractivity contribution in [3.05, 3.63) is 68.6 Å². The van der Waals surface area contributed by atoms with Crippen molar-refractivity contribution in [2.75, 3.05) is 0 Å². The number of nitro benzene ring substituents is 1. The van der Waals surface area contributed by atoms with E-state index in [2.05, 4.69) is 0 Å². The van der Waals surface area contributed by atoms with Gasteiger partial charge in [-0.25, -0.2) is 0 Å². The SMILES string of the molecule is CC1(C)C=C(n2cccc(O)c2=O)c2cc([N+](=O)[O-])ccc2O1. The zero-order valence-corrected chi connectivity index (χ0v) is 12.5. The van der Waals surface area contributed by atoms with Gasteiger partial charge in [-0.2, -0.15) is 0 Å². The molecule has 0 fully saturated rings. The molecule has 7 heteroatoms. The molecule has 0 bridgehead atoms. The molecule has 0 saturated heterocycles. The van der Waals surface area contributed by atoms with Gasteiger partial charge in [0.2, 0.25) is 0 Å². The fourth-order valence-electron chi connectivity index (χ4n) is 2.51. The summed E-state index contributed by atoms with van der Waals surface area (Å²) in [6.45, 7) is 3.62. The van der Waals surface area contributed by atoms with E-state index in [1.54, 1.807) is 6.08 Å². The van der Waals surface area contributed by atoms with Crippen molar-refractivity contribution in [1.82, 2.24) is 4.57 Å². The van der Waals surface area contributed by atoms with Crippen LogP contribution in [0.4, 0.5) is 5.69 Å².